The molecule has 0 unspecified atom stereocenters. The predicted molar refractivity (Wildman–Crippen MR) is 114 cm³/mol. The molecule has 0 saturated heterocycles. The van der Waals surface area contributed by atoms with Crippen LogP contribution in [0.5, 0.6) is 5.75 Å². The zero-order valence-corrected chi connectivity index (χ0v) is 17.1. The summed E-state index contributed by atoms with van der Waals surface area (Å²) in [4.78, 5) is 24.5. The molecule has 3 N–H and O–H groups in total. The molecule has 3 rings (SSSR count). The molecule has 2 aromatic carbocycles. The first kappa shape index (κ1) is 21.0. The second kappa shape index (κ2) is 10.2. The Morgan fingerprint density at radius 2 is 1.83 bits per heavy atom. The fourth-order valence-corrected chi connectivity index (χ4v) is 2.79. The number of carbonyl (C=O) groups is 1. The zero-order chi connectivity index (χ0) is 21.3. The van der Waals surface area contributed by atoms with Crippen molar-refractivity contribution in [3.05, 3.63) is 65.5 Å². The van der Waals surface area contributed by atoms with Crippen molar-refractivity contribution in [2.75, 3.05) is 17.7 Å². The van der Waals surface area contributed by atoms with E-state index in [9.17, 15) is 4.79 Å². The minimum absolute atomic E-state index is 0.0521. The first-order valence-electron chi connectivity index (χ1n) is 9.74. The first-order valence-corrected chi connectivity index (χ1v) is 9.74. The van der Waals surface area contributed by atoms with Crippen LogP contribution < -0.4 is 15.8 Å². The number of ether oxygens (including phenoxy) is 2. The largest absolute Gasteiger partial charge is 0.494 e. The van der Waals surface area contributed by atoms with E-state index in [0.29, 0.717) is 19.0 Å². The van der Waals surface area contributed by atoms with Gasteiger partial charge >= 0.3 is 5.97 Å². The average Bonchev–Trinajstić information content (AvgIpc) is 2.73. The summed E-state index contributed by atoms with van der Waals surface area (Å²) in [6.07, 6.45) is 0.744. The van der Waals surface area contributed by atoms with Crippen LogP contribution in [0.1, 0.15) is 30.3 Å². The second-order valence-corrected chi connectivity index (χ2v) is 6.63. The Hall–Kier alpha value is -3.68. The number of anilines is 3. The molecule has 156 valence electrons. The fourth-order valence-electron chi connectivity index (χ4n) is 2.79. The number of aromatic nitrogens is 3. The highest BCUT2D eigenvalue weighted by molar-refractivity contribution is 5.69. The Morgan fingerprint density at radius 3 is 2.60 bits per heavy atom. The lowest BCUT2D eigenvalue weighted by Crippen LogP contribution is -2.11. The number of nitrogen functional groups attached to an aromatic ring is 1. The summed E-state index contributed by atoms with van der Waals surface area (Å²) in [6.45, 7) is 4.42. The van der Waals surface area contributed by atoms with Gasteiger partial charge < -0.3 is 20.5 Å². The van der Waals surface area contributed by atoms with Gasteiger partial charge in [0.15, 0.2) is 12.4 Å². The second-order valence-electron chi connectivity index (χ2n) is 6.63. The number of nitrogens with one attached hydrogen (secondary N) is 1. The summed E-state index contributed by atoms with van der Waals surface area (Å²) in [6, 6.07) is 15.4. The summed E-state index contributed by atoms with van der Waals surface area (Å²) in [5, 5.41) is 3.07. The average molecular weight is 407 g/mol. The van der Waals surface area contributed by atoms with Crippen LogP contribution in [0.4, 0.5) is 17.6 Å². The normalized spacial score (nSPS) is 10.5. The topological polar surface area (TPSA) is 112 Å². The SMILES string of the molecule is CCOc1ccccc1CCC(=O)OCc1nc(N)nc(Nc2ccc(C)cc2)n1. The highest BCUT2D eigenvalue weighted by atomic mass is 16.5. The third-order valence-electron chi connectivity index (χ3n) is 4.24. The van der Waals surface area contributed by atoms with Crippen LogP contribution in [-0.2, 0) is 22.6 Å². The molecule has 0 radical (unpaired) electrons. The van der Waals surface area contributed by atoms with Gasteiger partial charge in [0.2, 0.25) is 11.9 Å². The van der Waals surface area contributed by atoms with Gasteiger partial charge in [-0.2, -0.15) is 15.0 Å². The van der Waals surface area contributed by atoms with E-state index in [1.54, 1.807) is 0 Å². The van der Waals surface area contributed by atoms with E-state index in [1.165, 1.54) is 0 Å². The molecule has 8 nitrogen and oxygen atoms in total. The molecule has 0 aliphatic carbocycles. The van der Waals surface area contributed by atoms with Gasteiger partial charge in [-0.15, -0.1) is 0 Å². The number of benzene rings is 2. The van der Waals surface area contributed by atoms with Crippen molar-refractivity contribution in [1.29, 1.82) is 0 Å². The van der Waals surface area contributed by atoms with E-state index >= 15 is 0 Å². The lowest BCUT2D eigenvalue weighted by molar-refractivity contribution is -0.145. The zero-order valence-electron chi connectivity index (χ0n) is 17.1. The number of aryl methyl sites for hydroxylation is 2. The number of hydrogen-bond donors (Lipinski definition) is 2. The van der Waals surface area contributed by atoms with Gasteiger partial charge in [-0.25, -0.2) is 0 Å². The van der Waals surface area contributed by atoms with E-state index in [0.717, 1.165) is 22.6 Å². The number of nitrogens with two attached hydrogens (primary N) is 1. The number of para-hydroxylation sites is 1. The monoisotopic (exact) mass is 407 g/mol. The number of nitrogens with zero attached hydrogens (tertiary/aromatic N) is 3. The van der Waals surface area contributed by atoms with E-state index in [2.05, 4.69) is 20.3 Å². The smallest absolute Gasteiger partial charge is 0.306 e. The number of esters is 1. The summed E-state index contributed by atoms with van der Waals surface area (Å²) >= 11 is 0. The minimum atomic E-state index is -0.353. The molecule has 3 aromatic rings. The number of hydrogen-bond acceptors (Lipinski definition) is 8. The standard InChI is InChI=1S/C22H25N5O3/c1-3-29-18-7-5-4-6-16(18)10-13-20(28)30-14-19-25-21(23)27-22(26-19)24-17-11-8-15(2)9-12-17/h4-9,11-12H,3,10,13-14H2,1-2H3,(H3,23,24,25,26,27). The van der Waals surface area contributed by atoms with E-state index in [1.807, 2.05) is 62.4 Å². The van der Waals surface area contributed by atoms with Gasteiger partial charge in [-0.1, -0.05) is 35.9 Å². The lowest BCUT2D eigenvalue weighted by atomic mass is 10.1. The van der Waals surface area contributed by atoms with Crippen molar-refractivity contribution >= 4 is 23.6 Å². The van der Waals surface area contributed by atoms with Crippen LogP contribution in [0.3, 0.4) is 0 Å². The minimum Gasteiger partial charge on any atom is -0.494 e. The maximum Gasteiger partial charge on any atom is 0.306 e. The Bertz CT molecular complexity index is 992. The van der Waals surface area contributed by atoms with E-state index in [-0.39, 0.29) is 30.8 Å². The molecule has 1 heterocycles. The Morgan fingerprint density at radius 1 is 1.07 bits per heavy atom. The first-order chi connectivity index (χ1) is 14.5. The Labute approximate surface area is 175 Å². The van der Waals surface area contributed by atoms with Crippen LogP contribution in [0.2, 0.25) is 0 Å². The van der Waals surface area contributed by atoms with Gasteiger partial charge in [-0.3, -0.25) is 4.79 Å². The molecule has 0 saturated carbocycles. The highest BCUT2D eigenvalue weighted by Gasteiger charge is 2.11. The Balaban J connectivity index is 1.55. The maximum absolute atomic E-state index is 12.2. The van der Waals surface area contributed by atoms with Gasteiger partial charge in [-0.05, 0) is 44.0 Å². The molecule has 0 aliphatic rings. The molecule has 30 heavy (non-hydrogen) atoms. The molecular weight excluding hydrogens is 382 g/mol. The summed E-state index contributed by atoms with van der Waals surface area (Å²) in [5.74, 6) is 1.05. The molecular formula is C22H25N5O3. The van der Waals surface area contributed by atoms with Gasteiger partial charge in [0.05, 0.1) is 6.61 Å². The van der Waals surface area contributed by atoms with Crippen LogP contribution in [0.25, 0.3) is 0 Å². The van der Waals surface area contributed by atoms with Crippen molar-refractivity contribution in [1.82, 2.24) is 15.0 Å². The highest BCUT2D eigenvalue weighted by Crippen LogP contribution is 2.20. The molecule has 1 aromatic heterocycles. The van der Waals surface area contributed by atoms with Crippen LogP contribution >= 0.6 is 0 Å². The predicted octanol–water partition coefficient (Wildman–Crippen LogP) is 3.58. The van der Waals surface area contributed by atoms with Gasteiger partial charge in [0, 0.05) is 12.1 Å². The maximum atomic E-state index is 12.2. The lowest BCUT2D eigenvalue weighted by Gasteiger charge is -2.10. The molecule has 0 bridgehead atoms. The molecule has 0 amide bonds. The van der Waals surface area contributed by atoms with Crippen molar-refractivity contribution in [2.24, 2.45) is 0 Å². The summed E-state index contributed by atoms with van der Waals surface area (Å²) in [5.41, 5.74) is 8.70. The molecule has 0 aliphatic heterocycles. The van der Waals surface area contributed by atoms with Crippen LogP contribution in [0.15, 0.2) is 48.5 Å². The third kappa shape index (κ3) is 6.16. The molecule has 0 atom stereocenters. The summed E-state index contributed by atoms with van der Waals surface area (Å²) in [7, 11) is 0. The number of rotatable bonds is 9. The van der Waals surface area contributed by atoms with Gasteiger partial charge in [0.25, 0.3) is 0 Å². The van der Waals surface area contributed by atoms with Crippen molar-refractivity contribution in [2.45, 2.75) is 33.3 Å². The summed E-state index contributed by atoms with van der Waals surface area (Å²) < 4.78 is 10.9. The van der Waals surface area contributed by atoms with E-state index < -0.39 is 0 Å². The number of carbonyl (C=O) groups excluding carboxylic acids is 1. The van der Waals surface area contributed by atoms with Crippen LogP contribution in [-0.4, -0.2) is 27.5 Å². The molecule has 0 spiro atoms. The fraction of sp³-hybridized carbons (Fsp3) is 0.273. The van der Waals surface area contributed by atoms with Crippen molar-refractivity contribution < 1.29 is 14.3 Å². The van der Waals surface area contributed by atoms with E-state index in [4.69, 9.17) is 15.2 Å². The van der Waals surface area contributed by atoms with Crippen LogP contribution in [0, 0.1) is 6.92 Å². The molecule has 0 fully saturated rings. The van der Waals surface area contributed by atoms with Gasteiger partial charge in [0.1, 0.15) is 5.75 Å². The molecule has 8 heteroatoms. The van der Waals surface area contributed by atoms with Crippen molar-refractivity contribution in [3.63, 3.8) is 0 Å². The quantitative estimate of drug-likeness (QED) is 0.518. The third-order valence-corrected chi connectivity index (χ3v) is 4.24. The van der Waals surface area contributed by atoms with Crippen molar-refractivity contribution in [3.8, 4) is 5.75 Å². The Kier molecular flexibility index (Phi) is 7.15.